The number of hydrogen-bond donors (Lipinski definition) is 20. The molecule has 115 heavy (non-hydrogen) atoms. The van der Waals surface area contributed by atoms with Crippen molar-refractivity contribution >= 4 is 118 Å². The Morgan fingerprint density at radius 2 is 0.809 bits per heavy atom. The molecule has 13 atom stereocenters. The maximum atomic E-state index is 15.0. The standard InChI is InChI=1S/C74H133N25O15S/c1-13-55(101)83-32-17-15-24-48(62(105)95-57(42(6)7)68(111)89-46(59(76)102)25-18-33-84-72(77)78)91-65(108)53-28-21-36-98(53)71(114)51(27-20-35-86-74(81)82)93-69(112)58(43(8)9)96-63(106)49(30-38-115-12)90-60(103)44(10)87-67(110)56(41(4)5)97-66(109)54-29-22-37-99(54)70(113)50(26-19-34-85-73(79)80)92-64(107)52(39-40(2)3)94-61(104)47(88-45(11)100)23-14-16-31-75/h13,40-44,46-54,56-58H,1,14-39,75H2,2-12H3,(H2,76,102)(H,83,101)(H,87,110)(H,88,100)(H,89,111)(H,90,103)(H,91,108)(H,92,107)(H,93,112)(H,94,104)(H,95,105)(H,96,106)(H,97,109)(H4,77,78,84)(H4,79,80,85)(H4,81,82,86)/t44-,46-,47-,48-,49-,50-,51-,52-,53-,54-,56-,57-,58-/m0/s1. The second kappa shape index (κ2) is 53.1. The van der Waals surface area contributed by atoms with E-state index in [4.69, 9.17) is 45.9 Å². The quantitative estimate of drug-likeness (QED) is 0.0118. The minimum absolute atomic E-state index is 0.00458. The van der Waals surface area contributed by atoms with Gasteiger partial charge in [0.2, 0.25) is 88.6 Å². The number of carbonyl (C=O) groups excluding carboxylic acids is 15. The Morgan fingerprint density at radius 1 is 0.435 bits per heavy atom. The van der Waals surface area contributed by atoms with Crippen LogP contribution in [0.2, 0.25) is 0 Å². The van der Waals surface area contributed by atoms with E-state index in [1.54, 1.807) is 47.8 Å². The number of primary amides is 1. The van der Waals surface area contributed by atoms with Crippen molar-refractivity contribution in [2.45, 2.75) is 263 Å². The summed E-state index contributed by atoms with van der Waals surface area (Å²) in [7, 11) is 0. The third-order valence-corrected chi connectivity index (χ3v) is 19.8. The molecule has 2 fully saturated rings. The lowest BCUT2D eigenvalue weighted by atomic mass is 10.0. The Balaban J connectivity index is 2.43. The van der Waals surface area contributed by atoms with Crippen molar-refractivity contribution < 1.29 is 71.9 Å². The first-order chi connectivity index (χ1) is 54.2. The van der Waals surface area contributed by atoms with Crippen LogP contribution in [0.25, 0.3) is 0 Å². The molecule has 0 saturated carbocycles. The lowest BCUT2D eigenvalue weighted by Gasteiger charge is -2.32. The number of rotatable bonds is 54. The summed E-state index contributed by atoms with van der Waals surface area (Å²) in [4.78, 5) is 223. The van der Waals surface area contributed by atoms with Gasteiger partial charge in [-0.05, 0) is 171 Å². The summed E-state index contributed by atoms with van der Waals surface area (Å²) in [5.41, 5.74) is 44.6. The van der Waals surface area contributed by atoms with Gasteiger partial charge >= 0.3 is 0 Å². The normalized spacial score (nSPS) is 16.7. The molecule has 0 aromatic heterocycles. The molecule has 0 aliphatic carbocycles. The van der Waals surface area contributed by atoms with Crippen molar-refractivity contribution in [3.63, 3.8) is 0 Å². The Labute approximate surface area is 679 Å². The van der Waals surface area contributed by atoms with E-state index in [9.17, 15) is 71.9 Å². The monoisotopic (exact) mass is 1640 g/mol. The minimum Gasteiger partial charge on any atom is -0.370 e. The van der Waals surface area contributed by atoms with Crippen molar-refractivity contribution in [2.75, 3.05) is 57.8 Å². The molecule has 650 valence electrons. The highest BCUT2D eigenvalue weighted by molar-refractivity contribution is 7.98. The number of guanidine groups is 3. The van der Waals surface area contributed by atoms with Gasteiger partial charge in [-0.25, -0.2) is 0 Å². The summed E-state index contributed by atoms with van der Waals surface area (Å²) >= 11 is 1.36. The molecule has 2 rings (SSSR count). The number of nitrogens with one attached hydrogen (secondary N) is 12. The van der Waals surface area contributed by atoms with E-state index in [0.29, 0.717) is 44.4 Å². The van der Waals surface area contributed by atoms with Crippen LogP contribution in [0, 0.1) is 23.7 Å². The van der Waals surface area contributed by atoms with Gasteiger partial charge in [-0.15, -0.1) is 0 Å². The second-order valence-corrected chi connectivity index (χ2v) is 31.3. The molecule has 2 aliphatic rings. The van der Waals surface area contributed by atoms with Crippen LogP contribution in [0.3, 0.4) is 0 Å². The molecular weight excluding hydrogens is 1510 g/mol. The zero-order chi connectivity index (χ0) is 86.8. The number of likely N-dealkylation sites (tertiary alicyclic amines) is 2. The molecule has 40 nitrogen and oxygen atoms in total. The van der Waals surface area contributed by atoms with E-state index in [2.05, 4.69) is 85.4 Å². The maximum Gasteiger partial charge on any atom is 0.245 e. The topological polar surface area (TPSA) is 652 Å². The number of carbonyl (C=O) groups is 15. The highest BCUT2D eigenvalue weighted by Gasteiger charge is 2.43. The number of unbranched alkanes of at least 4 members (excludes halogenated alkanes) is 2. The van der Waals surface area contributed by atoms with Gasteiger partial charge in [-0.1, -0.05) is 62.0 Å². The van der Waals surface area contributed by atoms with Crippen LogP contribution in [0.1, 0.15) is 185 Å². The van der Waals surface area contributed by atoms with Gasteiger partial charge in [-0.2, -0.15) is 11.8 Å². The first kappa shape index (κ1) is 101. The van der Waals surface area contributed by atoms with Gasteiger partial charge in [-0.3, -0.25) is 86.9 Å². The summed E-state index contributed by atoms with van der Waals surface area (Å²) in [5, 5.41) is 32.6. The van der Waals surface area contributed by atoms with E-state index in [-0.39, 0.29) is 147 Å². The predicted molar refractivity (Wildman–Crippen MR) is 438 cm³/mol. The lowest BCUT2D eigenvalue weighted by molar-refractivity contribution is -0.143. The van der Waals surface area contributed by atoms with Crippen molar-refractivity contribution in [3.8, 4) is 0 Å². The number of thioether (sulfide) groups is 1. The summed E-state index contributed by atoms with van der Waals surface area (Å²) in [6.07, 6.45) is 6.65. The van der Waals surface area contributed by atoms with Gasteiger partial charge in [0.15, 0.2) is 17.9 Å². The summed E-state index contributed by atoms with van der Waals surface area (Å²) in [5.74, 6) is -12.7. The van der Waals surface area contributed by atoms with Crippen LogP contribution in [-0.4, -0.2) is 253 Å². The van der Waals surface area contributed by atoms with Crippen LogP contribution in [0.4, 0.5) is 0 Å². The Bertz CT molecular complexity index is 3350. The summed E-state index contributed by atoms with van der Waals surface area (Å²) in [6.45, 7) is 20.6. The molecule has 0 bridgehead atoms. The Morgan fingerprint density at radius 3 is 1.23 bits per heavy atom. The molecule has 0 spiro atoms. The molecule has 0 radical (unpaired) electrons. The SMILES string of the molecule is C=CC(=O)NCCCC[C@H](NC(=O)[C@@H]1CCCN1C(=O)[C@H](CCCN=C(N)N)NC(=O)[C@@H](NC(=O)[C@H](CCSC)NC(=O)[C@H](C)NC(=O)[C@@H](NC(=O)[C@@H]1CCCN1C(=O)[C@H](CCCN=C(N)N)NC(=O)[C@H](CC(C)C)NC(=O)[C@H](CCCCN)NC(C)=O)C(C)C)C(C)C)C(=O)N[C@H](C(=O)N[C@@H](CCCN=C(N)N)C(N)=O)C(C)C. The Hall–Kier alpha value is -10.1. The van der Waals surface area contributed by atoms with Crippen LogP contribution < -0.4 is 110 Å². The molecule has 2 heterocycles. The van der Waals surface area contributed by atoms with Gasteiger partial charge in [0.1, 0.15) is 78.5 Å². The highest BCUT2D eigenvalue weighted by Crippen LogP contribution is 2.24. The van der Waals surface area contributed by atoms with Gasteiger partial charge < -0.3 is 119 Å². The average Bonchev–Trinajstić information content (AvgIpc) is 1.73. The zero-order valence-corrected chi connectivity index (χ0v) is 69.7. The average molecular weight is 1650 g/mol. The zero-order valence-electron chi connectivity index (χ0n) is 68.9. The van der Waals surface area contributed by atoms with Crippen LogP contribution >= 0.6 is 11.8 Å². The van der Waals surface area contributed by atoms with Crippen LogP contribution in [0.15, 0.2) is 27.6 Å². The number of nitrogens with zero attached hydrogens (tertiary/aromatic N) is 5. The molecule has 0 aromatic rings. The number of hydrogen-bond acceptors (Lipinski definition) is 20. The fourth-order valence-electron chi connectivity index (χ4n) is 12.9. The fourth-order valence-corrected chi connectivity index (χ4v) is 13.4. The highest BCUT2D eigenvalue weighted by atomic mass is 32.2. The first-order valence-electron chi connectivity index (χ1n) is 39.7. The molecule has 2 saturated heterocycles. The van der Waals surface area contributed by atoms with Crippen molar-refractivity contribution in [1.29, 1.82) is 0 Å². The first-order valence-corrected chi connectivity index (χ1v) is 41.1. The third kappa shape index (κ3) is 37.4. The van der Waals surface area contributed by atoms with Gasteiger partial charge in [0.25, 0.3) is 0 Å². The van der Waals surface area contributed by atoms with Crippen LogP contribution in [-0.2, 0) is 71.9 Å². The predicted octanol–water partition coefficient (Wildman–Crippen LogP) is -4.64. The molecular formula is C74H133N25O15S. The maximum absolute atomic E-state index is 15.0. The molecule has 41 heteroatoms. The molecule has 28 N–H and O–H groups in total. The van der Waals surface area contributed by atoms with Crippen molar-refractivity contribution in [2.24, 2.45) is 84.5 Å². The summed E-state index contributed by atoms with van der Waals surface area (Å²) in [6, 6.07) is -16.0. The molecule has 0 aromatic carbocycles. The fraction of sp³-hybridized carbons (Fsp3) is 0.730. The van der Waals surface area contributed by atoms with Gasteiger partial charge in [0.05, 0.1) is 0 Å². The van der Waals surface area contributed by atoms with Gasteiger partial charge in [0, 0.05) is 46.2 Å². The molecule has 2 aliphatic heterocycles. The van der Waals surface area contributed by atoms with Crippen LogP contribution in [0.5, 0.6) is 0 Å². The van der Waals surface area contributed by atoms with E-state index >= 15 is 0 Å². The lowest BCUT2D eigenvalue weighted by Crippen LogP contribution is -2.61. The number of aliphatic imine (C=N–C) groups is 3. The van der Waals surface area contributed by atoms with E-state index in [1.807, 2.05) is 13.8 Å². The minimum atomic E-state index is -1.36. The summed E-state index contributed by atoms with van der Waals surface area (Å²) < 4.78 is 0. The Kier molecular flexibility index (Phi) is 46.7. The number of nitrogens with two attached hydrogens (primary N) is 8. The third-order valence-electron chi connectivity index (χ3n) is 19.2. The second-order valence-electron chi connectivity index (χ2n) is 30.4. The van der Waals surface area contributed by atoms with E-state index < -0.39 is 185 Å². The molecule has 0 unspecified atom stereocenters. The largest absolute Gasteiger partial charge is 0.370 e. The van der Waals surface area contributed by atoms with Crippen molar-refractivity contribution in [3.05, 3.63) is 12.7 Å². The van der Waals surface area contributed by atoms with E-state index in [0.717, 1.165) is 6.08 Å². The number of amides is 15. The van der Waals surface area contributed by atoms with E-state index in [1.165, 1.54) is 35.4 Å². The smallest absolute Gasteiger partial charge is 0.245 e. The van der Waals surface area contributed by atoms with Crippen molar-refractivity contribution in [1.82, 2.24) is 73.6 Å². The molecule has 15 amide bonds.